The molecule has 110 valence electrons. The molecule has 1 aromatic rings. The van der Waals surface area contributed by atoms with Crippen molar-refractivity contribution in [1.82, 2.24) is 5.32 Å². The minimum Gasteiger partial charge on any atom is -0.393 e. The number of carbonyl (C=O) groups is 1. The van der Waals surface area contributed by atoms with Gasteiger partial charge in [0.1, 0.15) is 0 Å². The van der Waals surface area contributed by atoms with E-state index in [4.69, 9.17) is 5.73 Å². The van der Waals surface area contributed by atoms with Crippen LogP contribution in [0.25, 0.3) is 0 Å². The zero-order chi connectivity index (χ0) is 14.4. The quantitative estimate of drug-likeness (QED) is 0.731. The van der Waals surface area contributed by atoms with Gasteiger partial charge < -0.3 is 16.2 Å². The predicted octanol–water partition coefficient (Wildman–Crippen LogP) is 1.22. The molecule has 4 nitrogen and oxygen atoms in total. The maximum absolute atomic E-state index is 11.9. The molecule has 0 radical (unpaired) electrons. The molecule has 0 aromatic heterocycles. The second-order valence-electron chi connectivity index (χ2n) is 5.71. The van der Waals surface area contributed by atoms with Crippen molar-refractivity contribution in [2.75, 3.05) is 6.54 Å². The van der Waals surface area contributed by atoms with Gasteiger partial charge in [-0.2, -0.15) is 0 Å². The smallest absolute Gasteiger partial charge is 0.236 e. The topological polar surface area (TPSA) is 75.4 Å². The Bertz CT molecular complexity index is 422. The summed E-state index contributed by atoms with van der Waals surface area (Å²) >= 11 is 0. The average Bonchev–Trinajstić information content (AvgIpc) is 2.89. The Balaban J connectivity index is 1.67. The first-order valence-corrected chi connectivity index (χ1v) is 7.40. The molecule has 2 rings (SSSR count). The predicted molar refractivity (Wildman–Crippen MR) is 79.1 cm³/mol. The molecule has 3 atom stereocenters. The second kappa shape index (κ2) is 7.41. The number of rotatable bonds is 6. The van der Waals surface area contributed by atoms with Crippen molar-refractivity contribution in [2.24, 2.45) is 11.7 Å². The van der Waals surface area contributed by atoms with Crippen molar-refractivity contribution in [3.8, 4) is 0 Å². The van der Waals surface area contributed by atoms with E-state index >= 15 is 0 Å². The maximum atomic E-state index is 11.9. The van der Waals surface area contributed by atoms with Crippen LogP contribution in [0.1, 0.15) is 31.2 Å². The van der Waals surface area contributed by atoms with Gasteiger partial charge in [-0.15, -0.1) is 0 Å². The van der Waals surface area contributed by atoms with E-state index < -0.39 is 6.04 Å². The Labute approximate surface area is 120 Å². The largest absolute Gasteiger partial charge is 0.393 e. The van der Waals surface area contributed by atoms with Crippen LogP contribution in [0.3, 0.4) is 0 Å². The molecule has 1 aromatic carbocycles. The van der Waals surface area contributed by atoms with Crippen LogP contribution in [0.4, 0.5) is 0 Å². The third kappa shape index (κ3) is 4.62. The molecule has 1 aliphatic carbocycles. The Morgan fingerprint density at radius 1 is 1.35 bits per heavy atom. The Kier molecular flexibility index (Phi) is 5.56. The maximum Gasteiger partial charge on any atom is 0.236 e. The van der Waals surface area contributed by atoms with Gasteiger partial charge in [0.2, 0.25) is 5.91 Å². The van der Waals surface area contributed by atoms with Crippen LogP contribution in [-0.4, -0.2) is 29.7 Å². The molecule has 3 unspecified atom stereocenters. The minimum absolute atomic E-state index is 0.0812. The van der Waals surface area contributed by atoms with E-state index in [9.17, 15) is 9.90 Å². The first-order valence-electron chi connectivity index (χ1n) is 7.40. The highest BCUT2D eigenvalue weighted by Crippen LogP contribution is 2.24. The Hall–Kier alpha value is -1.39. The fourth-order valence-electron chi connectivity index (χ4n) is 2.71. The van der Waals surface area contributed by atoms with Gasteiger partial charge in [0, 0.05) is 6.54 Å². The number of aryl methyl sites for hydroxylation is 1. The third-order valence-corrected chi connectivity index (χ3v) is 4.00. The third-order valence-electron chi connectivity index (χ3n) is 4.00. The second-order valence-corrected chi connectivity index (χ2v) is 5.71. The van der Waals surface area contributed by atoms with Crippen molar-refractivity contribution in [2.45, 2.75) is 44.2 Å². The average molecular weight is 276 g/mol. The van der Waals surface area contributed by atoms with Gasteiger partial charge in [-0.05, 0) is 43.6 Å². The van der Waals surface area contributed by atoms with Crippen LogP contribution in [-0.2, 0) is 11.2 Å². The highest BCUT2D eigenvalue weighted by molar-refractivity contribution is 5.81. The lowest BCUT2D eigenvalue weighted by Crippen LogP contribution is -2.42. The van der Waals surface area contributed by atoms with E-state index in [1.54, 1.807) is 0 Å². The van der Waals surface area contributed by atoms with Gasteiger partial charge in [0.15, 0.2) is 0 Å². The van der Waals surface area contributed by atoms with Gasteiger partial charge in [0.25, 0.3) is 0 Å². The molecule has 1 fully saturated rings. The lowest BCUT2D eigenvalue weighted by atomic mass is 10.0. The van der Waals surface area contributed by atoms with Crippen LogP contribution in [0.2, 0.25) is 0 Å². The monoisotopic (exact) mass is 276 g/mol. The number of nitrogens with two attached hydrogens (primary N) is 1. The normalized spacial score (nSPS) is 23.5. The number of aliphatic hydroxyl groups excluding tert-OH is 1. The number of benzene rings is 1. The molecule has 0 aliphatic heterocycles. The first kappa shape index (κ1) is 15.0. The molecule has 1 amide bonds. The standard InChI is InChI=1S/C16H24N2O2/c17-15(9-7-12-4-2-1-3-5-12)16(20)18-11-13-6-8-14(19)10-13/h1-5,13-15,19H,6-11,17H2,(H,18,20). The van der Waals surface area contributed by atoms with Crippen molar-refractivity contribution in [3.63, 3.8) is 0 Å². The van der Waals surface area contributed by atoms with E-state index in [1.165, 1.54) is 5.56 Å². The van der Waals surface area contributed by atoms with Crippen molar-refractivity contribution in [3.05, 3.63) is 35.9 Å². The van der Waals surface area contributed by atoms with Crippen LogP contribution < -0.4 is 11.1 Å². The van der Waals surface area contributed by atoms with Gasteiger partial charge in [0.05, 0.1) is 12.1 Å². The van der Waals surface area contributed by atoms with Crippen LogP contribution >= 0.6 is 0 Å². The van der Waals surface area contributed by atoms with E-state index in [0.29, 0.717) is 18.9 Å². The lowest BCUT2D eigenvalue weighted by molar-refractivity contribution is -0.122. The number of aliphatic hydroxyl groups is 1. The summed E-state index contributed by atoms with van der Waals surface area (Å²) in [4.78, 5) is 11.9. The molecule has 1 aliphatic rings. The van der Waals surface area contributed by atoms with Crippen LogP contribution in [0.5, 0.6) is 0 Å². The number of carbonyl (C=O) groups excluding carboxylic acids is 1. The van der Waals surface area contributed by atoms with Crippen LogP contribution in [0.15, 0.2) is 30.3 Å². The molecule has 0 bridgehead atoms. The summed E-state index contributed by atoms with van der Waals surface area (Å²) in [7, 11) is 0. The van der Waals surface area contributed by atoms with E-state index in [-0.39, 0.29) is 12.0 Å². The Morgan fingerprint density at radius 2 is 2.10 bits per heavy atom. The van der Waals surface area contributed by atoms with Gasteiger partial charge in [-0.3, -0.25) is 4.79 Å². The molecule has 20 heavy (non-hydrogen) atoms. The molecular formula is C16H24N2O2. The van der Waals surface area contributed by atoms with E-state index in [1.807, 2.05) is 30.3 Å². The zero-order valence-corrected chi connectivity index (χ0v) is 11.8. The van der Waals surface area contributed by atoms with Crippen molar-refractivity contribution >= 4 is 5.91 Å². The van der Waals surface area contributed by atoms with Gasteiger partial charge >= 0.3 is 0 Å². The summed E-state index contributed by atoms with van der Waals surface area (Å²) in [5.74, 6) is 0.317. The molecule has 0 saturated heterocycles. The fraction of sp³-hybridized carbons (Fsp3) is 0.562. The minimum atomic E-state index is -0.457. The SMILES string of the molecule is NC(CCc1ccccc1)C(=O)NCC1CCC(O)C1. The number of hydrogen-bond donors (Lipinski definition) is 3. The van der Waals surface area contributed by atoms with Gasteiger partial charge in [-0.1, -0.05) is 30.3 Å². The van der Waals surface area contributed by atoms with Gasteiger partial charge in [-0.25, -0.2) is 0 Å². The lowest BCUT2D eigenvalue weighted by Gasteiger charge is -2.15. The molecule has 0 spiro atoms. The summed E-state index contributed by atoms with van der Waals surface area (Å²) in [6.45, 7) is 0.634. The molecule has 4 heteroatoms. The Morgan fingerprint density at radius 3 is 2.75 bits per heavy atom. The summed E-state index contributed by atoms with van der Waals surface area (Å²) in [5, 5.41) is 12.4. The number of nitrogens with one attached hydrogen (secondary N) is 1. The van der Waals surface area contributed by atoms with Crippen molar-refractivity contribution in [1.29, 1.82) is 0 Å². The number of amides is 1. The first-order chi connectivity index (χ1) is 9.65. The summed E-state index contributed by atoms with van der Waals surface area (Å²) < 4.78 is 0. The molecule has 4 N–H and O–H groups in total. The zero-order valence-electron chi connectivity index (χ0n) is 11.8. The van der Waals surface area contributed by atoms with E-state index in [2.05, 4.69) is 5.32 Å². The van der Waals surface area contributed by atoms with Crippen molar-refractivity contribution < 1.29 is 9.90 Å². The van der Waals surface area contributed by atoms with Crippen LogP contribution in [0, 0.1) is 5.92 Å². The number of hydrogen-bond acceptors (Lipinski definition) is 3. The summed E-state index contributed by atoms with van der Waals surface area (Å²) in [6, 6.07) is 9.60. The molecule has 1 saturated carbocycles. The fourth-order valence-corrected chi connectivity index (χ4v) is 2.71. The summed E-state index contributed by atoms with van der Waals surface area (Å²) in [5.41, 5.74) is 7.12. The highest BCUT2D eigenvalue weighted by atomic mass is 16.3. The molecule has 0 heterocycles. The summed E-state index contributed by atoms with van der Waals surface area (Å²) in [6.07, 6.45) is 3.91. The van der Waals surface area contributed by atoms with E-state index in [0.717, 1.165) is 25.7 Å². The molecular weight excluding hydrogens is 252 g/mol. The highest BCUT2D eigenvalue weighted by Gasteiger charge is 2.23.